The fourth-order valence-electron chi connectivity index (χ4n) is 3.90. The average molecular weight is 452 g/mol. The third-order valence-electron chi connectivity index (χ3n) is 5.44. The zero-order valence-electron chi connectivity index (χ0n) is 16.7. The molecule has 0 amide bonds. The van der Waals surface area contributed by atoms with Crippen molar-refractivity contribution < 1.29 is 32.5 Å². The molecule has 6 nitrogen and oxygen atoms in total. The van der Waals surface area contributed by atoms with E-state index in [1.165, 1.54) is 19.6 Å². The molecule has 0 saturated carbocycles. The van der Waals surface area contributed by atoms with Gasteiger partial charge in [-0.2, -0.15) is 13.2 Å². The quantitative estimate of drug-likeness (QED) is 0.591. The van der Waals surface area contributed by atoms with Crippen LogP contribution in [0, 0.1) is 5.92 Å². The Balaban J connectivity index is 1.91. The first-order valence-electron chi connectivity index (χ1n) is 9.44. The summed E-state index contributed by atoms with van der Waals surface area (Å²) >= 11 is 1.13. The lowest BCUT2D eigenvalue weighted by Gasteiger charge is -2.25. The number of carboxylic acids is 1. The largest absolute Gasteiger partial charge is 0.497 e. The molecule has 1 unspecified atom stereocenters. The van der Waals surface area contributed by atoms with Gasteiger partial charge < -0.3 is 14.6 Å². The molecule has 0 fully saturated rings. The van der Waals surface area contributed by atoms with E-state index in [-0.39, 0.29) is 25.0 Å². The van der Waals surface area contributed by atoms with Crippen molar-refractivity contribution in [2.24, 2.45) is 5.92 Å². The highest BCUT2D eigenvalue weighted by Gasteiger charge is 2.42. The predicted octanol–water partition coefficient (Wildman–Crippen LogP) is 4.98. The molecular weight excluding hydrogens is 433 g/mol. The Bertz CT molecular complexity index is 1140. The second-order valence-electron chi connectivity index (χ2n) is 7.20. The number of ether oxygens (including phenoxy) is 2. The fourth-order valence-corrected chi connectivity index (χ4v) is 4.74. The third-order valence-corrected chi connectivity index (χ3v) is 6.26. The molecule has 0 bridgehead atoms. The normalized spacial score (nSPS) is 16.1. The topological polar surface area (TPSA) is 73.6 Å². The van der Waals surface area contributed by atoms with Crippen molar-refractivity contribution >= 4 is 17.3 Å². The Hall–Kier alpha value is -3.01. The van der Waals surface area contributed by atoms with Gasteiger partial charge in [-0.3, -0.25) is 4.57 Å². The lowest BCUT2D eigenvalue weighted by Crippen LogP contribution is -2.29. The van der Waals surface area contributed by atoms with E-state index in [0.717, 1.165) is 11.3 Å². The van der Waals surface area contributed by atoms with Crippen LogP contribution in [0.1, 0.15) is 28.2 Å². The van der Waals surface area contributed by atoms with Crippen LogP contribution < -0.4 is 9.47 Å². The van der Waals surface area contributed by atoms with E-state index < -0.39 is 18.1 Å². The van der Waals surface area contributed by atoms with Crippen molar-refractivity contribution in [3.8, 4) is 27.9 Å². The number of nitrogens with zero attached hydrogens (tertiary/aromatic N) is 2. The molecule has 4 rings (SSSR count). The molecule has 1 atom stereocenters. The first-order valence-corrected chi connectivity index (χ1v) is 10.3. The van der Waals surface area contributed by atoms with Gasteiger partial charge in [0.1, 0.15) is 11.5 Å². The van der Waals surface area contributed by atoms with E-state index >= 15 is 0 Å². The van der Waals surface area contributed by atoms with E-state index in [1.54, 1.807) is 28.8 Å². The van der Waals surface area contributed by atoms with Gasteiger partial charge in [0.2, 0.25) is 0 Å². The van der Waals surface area contributed by atoms with Gasteiger partial charge >= 0.3 is 12.1 Å². The molecule has 1 N–H and O–H groups in total. The molecule has 2 heterocycles. The number of methoxy groups -OCH3 is 2. The average Bonchev–Trinajstić information content (AvgIpc) is 3.36. The van der Waals surface area contributed by atoms with Crippen LogP contribution in [0.25, 0.3) is 16.4 Å². The van der Waals surface area contributed by atoms with E-state index in [9.17, 15) is 23.1 Å². The number of aromatic nitrogens is 2. The molecule has 1 aliphatic carbocycles. The Morgan fingerprint density at radius 2 is 2.03 bits per heavy atom. The first kappa shape index (κ1) is 21.2. The Morgan fingerprint density at radius 1 is 1.26 bits per heavy atom. The van der Waals surface area contributed by atoms with Crippen LogP contribution in [-0.2, 0) is 12.8 Å². The summed E-state index contributed by atoms with van der Waals surface area (Å²) in [5.41, 5.74) is 2.42. The van der Waals surface area contributed by atoms with Crippen molar-refractivity contribution in [1.82, 2.24) is 9.55 Å². The first-order chi connectivity index (χ1) is 14.7. The number of carbonyl (C=O) groups is 1. The van der Waals surface area contributed by atoms with Crippen LogP contribution in [0.3, 0.4) is 0 Å². The van der Waals surface area contributed by atoms with Crippen LogP contribution in [0.5, 0.6) is 11.5 Å². The van der Waals surface area contributed by atoms with Gasteiger partial charge in [-0.05, 0) is 43.0 Å². The summed E-state index contributed by atoms with van der Waals surface area (Å²) < 4.78 is 52.6. The molecule has 0 aliphatic heterocycles. The Kier molecular flexibility index (Phi) is 5.42. The van der Waals surface area contributed by atoms with Gasteiger partial charge in [-0.25, -0.2) is 9.78 Å². The van der Waals surface area contributed by atoms with Crippen molar-refractivity contribution in [3.05, 3.63) is 46.6 Å². The maximum Gasteiger partial charge on any atom is 0.392 e. The van der Waals surface area contributed by atoms with Crippen LogP contribution in [0.2, 0.25) is 0 Å². The molecule has 31 heavy (non-hydrogen) atoms. The van der Waals surface area contributed by atoms with Crippen molar-refractivity contribution in [1.29, 1.82) is 0 Å². The molecule has 2 aromatic heterocycles. The number of halogens is 3. The van der Waals surface area contributed by atoms with Crippen molar-refractivity contribution in [2.75, 3.05) is 14.2 Å². The monoisotopic (exact) mass is 452 g/mol. The standard InChI is InChI=1S/C21H19F3N2O4S/c1-29-13-4-5-14(18(9-13)30-2)17-8-11-7-12(21(22,23)24)3-6-16(11)26(17)20-25-15(10-31-20)19(27)28/h4-5,8-10,12H,3,6-7H2,1-2H3,(H,27,28). The molecule has 3 aromatic rings. The number of aromatic carboxylic acids is 1. The number of hydrogen-bond acceptors (Lipinski definition) is 5. The summed E-state index contributed by atoms with van der Waals surface area (Å²) in [5.74, 6) is -1.52. The van der Waals surface area contributed by atoms with Crippen LogP contribution >= 0.6 is 11.3 Å². The van der Waals surface area contributed by atoms with E-state index in [0.29, 0.717) is 39.1 Å². The van der Waals surface area contributed by atoms with Gasteiger partial charge in [0.25, 0.3) is 0 Å². The van der Waals surface area contributed by atoms with E-state index in [4.69, 9.17) is 9.47 Å². The minimum Gasteiger partial charge on any atom is -0.497 e. The van der Waals surface area contributed by atoms with Crippen LogP contribution in [-0.4, -0.2) is 41.0 Å². The summed E-state index contributed by atoms with van der Waals surface area (Å²) in [6, 6.07) is 6.91. The Morgan fingerprint density at radius 3 is 2.65 bits per heavy atom. The number of benzene rings is 1. The molecule has 1 aliphatic rings. The third kappa shape index (κ3) is 3.87. The van der Waals surface area contributed by atoms with E-state index in [2.05, 4.69) is 4.98 Å². The number of alkyl halides is 3. The maximum atomic E-state index is 13.4. The van der Waals surface area contributed by atoms with Crippen LogP contribution in [0.4, 0.5) is 13.2 Å². The van der Waals surface area contributed by atoms with Gasteiger partial charge in [0, 0.05) is 22.7 Å². The molecular formula is C21H19F3N2O4S. The van der Waals surface area contributed by atoms with Crippen molar-refractivity contribution in [3.63, 3.8) is 0 Å². The zero-order valence-corrected chi connectivity index (χ0v) is 17.5. The highest BCUT2D eigenvalue weighted by atomic mass is 32.1. The molecule has 10 heteroatoms. The number of fused-ring (bicyclic) bond motifs is 1. The van der Waals surface area contributed by atoms with Gasteiger partial charge in [0.05, 0.1) is 25.8 Å². The van der Waals surface area contributed by atoms with Gasteiger partial charge in [-0.1, -0.05) is 0 Å². The number of hydrogen-bond donors (Lipinski definition) is 1. The highest BCUT2D eigenvalue weighted by Crippen LogP contribution is 2.43. The SMILES string of the molecule is COc1ccc(-c2cc3c(n2-c2nc(C(=O)O)cs2)CCC(C(F)(F)F)C3)c(OC)c1. The van der Waals surface area contributed by atoms with Gasteiger partial charge in [0.15, 0.2) is 10.8 Å². The minimum atomic E-state index is -4.27. The van der Waals surface area contributed by atoms with Gasteiger partial charge in [-0.15, -0.1) is 11.3 Å². The summed E-state index contributed by atoms with van der Waals surface area (Å²) in [5, 5.41) is 11.1. The lowest BCUT2D eigenvalue weighted by molar-refractivity contribution is -0.177. The molecule has 164 valence electrons. The maximum absolute atomic E-state index is 13.4. The number of rotatable bonds is 5. The molecule has 0 saturated heterocycles. The number of thiazole rings is 1. The number of carboxylic acid groups (broad SMARTS) is 1. The molecule has 0 radical (unpaired) electrons. The predicted molar refractivity (Wildman–Crippen MR) is 109 cm³/mol. The second kappa shape index (κ2) is 7.92. The summed E-state index contributed by atoms with van der Waals surface area (Å²) in [7, 11) is 3.02. The fraction of sp³-hybridized carbons (Fsp3) is 0.333. The van der Waals surface area contributed by atoms with E-state index in [1.807, 2.05) is 0 Å². The summed E-state index contributed by atoms with van der Waals surface area (Å²) in [4.78, 5) is 15.5. The smallest absolute Gasteiger partial charge is 0.392 e. The lowest BCUT2D eigenvalue weighted by atomic mass is 9.87. The van der Waals surface area contributed by atoms with Crippen molar-refractivity contribution in [2.45, 2.75) is 25.4 Å². The Labute approximate surface area is 179 Å². The zero-order chi connectivity index (χ0) is 22.3. The minimum absolute atomic E-state index is 0.0309. The molecule has 0 spiro atoms. The second-order valence-corrected chi connectivity index (χ2v) is 8.04. The highest BCUT2D eigenvalue weighted by molar-refractivity contribution is 7.12. The summed E-state index contributed by atoms with van der Waals surface area (Å²) in [6.45, 7) is 0. The van der Waals surface area contributed by atoms with Crippen LogP contribution in [0.15, 0.2) is 29.6 Å². The molecule has 1 aromatic carbocycles. The summed E-state index contributed by atoms with van der Waals surface area (Å²) in [6.07, 6.45) is -4.22.